The molecule has 1 N–H and O–H groups in total. The summed E-state index contributed by atoms with van der Waals surface area (Å²) in [5, 5.41) is 3.49. The van der Waals surface area contributed by atoms with Crippen molar-refractivity contribution < 1.29 is 9.53 Å². The van der Waals surface area contributed by atoms with E-state index in [9.17, 15) is 4.79 Å². The lowest BCUT2D eigenvalue weighted by molar-refractivity contribution is -0.120. The molecule has 0 atom stereocenters. The van der Waals surface area contributed by atoms with Gasteiger partial charge in [0.05, 0.1) is 13.5 Å². The average molecular weight is 256 g/mol. The van der Waals surface area contributed by atoms with Crippen LogP contribution in [0.4, 0.5) is 0 Å². The third-order valence-electron chi connectivity index (χ3n) is 2.48. The number of carbonyl (C=O) groups excluding carboxylic acids is 1. The molecule has 0 aliphatic heterocycles. The first-order valence-electron chi connectivity index (χ1n) is 5.68. The summed E-state index contributed by atoms with van der Waals surface area (Å²) >= 11 is 6.04. The number of benzene rings is 1. The predicted octanol–water partition coefficient (Wildman–Crippen LogP) is 2.73. The van der Waals surface area contributed by atoms with Gasteiger partial charge in [-0.3, -0.25) is 4.79 Å². The minimum absolute atomic E-state index is 0.00919. The molecule has 1 rings (SSSR count). The Morgan fingerprint density at radius 3 is 2.76 bits per heavy atom. The van der Waals surface area contributed by atoms with Gasteiger partial charge in [0.25, 0.3) is 0 Å². The summed E-state index contributed by atoms with van der Waals surface area (Å²) < 4.78 is 5.25. The van der Waals surface area contributed by atoms with E-state index >= 15 is 0 Å². The maximum Gasteiger partial charge on any atom is 0.224 e. The summed E-state index contributed by atoms with van der Waals surface area (Å²) in [5.74, 6) is 0.698. The lowest BCUT2D eigenvalue weighted by Crippen LogP contribution is -2.25. The van der Waals surface area contributed by atoms with Crippen LogP contribution in [0.3, 0.4) is 0 Å². The topological polar surface area (TPSA) is 38.3 Å². The number of rotatable bonds is 5. The lowest BCUT2D eigenvalue weighted by atomic mass is 10.1. The van der Waals surface area contributed by atoms with Crippen molar-refractivity contribution in [2.45, 2.75) is 26.7 Å². The summed E-state index contributed by atoms with van der Waals surface area (Å²) in [4.78, 5) is 11.6. The minimum Gasteiger partial charge on any atom is -0.496 e. The first-order chi connectivity index (χ1) is 8.08. The van der Waals surface area contributed by atoms with E-state index in [-0.39, 0.29) is 5.91 Å². The van der Waals surface area contributed by atoms with Crippen LogP contribution in [0.15, 0.2) is 12.1 Å². The Morgan fingerprint density at radius 1 is 1.47 bits per heavy atom. The number of ether oxygens (including phenoxy) is 1. The summed E-state index contributed by atoms with van der Waals surface area (Å²) in [7, 11) is 1.59. The van der Waals surface area contributed by atoms with E-state index in [1.165, 1.54) is 0 Å². The van der Waals surface area contributed by atoms with Gasteiger partial charge in [0.15, 0.2) is 0 Å². The SMILES string of the molecule is CCCNC(=O)Cc1cc(Cl)c(C)cc1OC. The number of hydrogen-bond acceptors (Lipinski definition) is 2. The molecule has 1 aromatic carbocycles. The summed E-state index contributed by atoms with van der Waals surface area (Å²) in [6.07, 6.45) is 1.22. The molecule has 0 radical (unpaired) electrons. The fourth-order valence-electron chi connectivity index (χ4n) is 1.52. The highest BCUT2D eigenvalue weighted by molar-refractivity contribution is 6.31. The van der Waals surface area contributed by atoms with Gasteiger partial charge in [0, 0.05) is 17.1 Å². The molecule has 0 aliphatic rings. The van der Waals surface area contributed by atoms with Gasteiger partial charge in [-0.25, -0.2) is 0 Å². The molecule has 3 nitrogen and oxygen atoms in total. The highest BCUT2D eigenvalue weighted by atomic mass is 35.5. The van der Waals surface area contributed by atoms with E-state index in [4.69, 9.17) is 16.3 Å². The molecule has 0 unspecified atom stereocenters. The molecule has 17 heavy (non-hydrogen) atoms. The Balaban J connectivity index is 2.82. The van der Waals surface area contributed by atoms with Crippen LogP contribution in [-0.4, -0.2) is 19.6 Å². The summed E-state index contributed by atoms with van der Waals surface area (Å²) in [6.45, 7) is 4.62. The number of hydrogen-bond donors (Lipinski definition) is 1. The number of aryl methyl sites for hydroxylation is 1. The maximum absolute atomic E-state index is 11.6. The van der Waals surface area contributed by atoms with Crippen LogP contribution in [0.5, 0.6) is 5.75 Å². The first kappa shape index (κ1) is 13.8. The molecular weight excluding hydrogens is 238 g/mol. The molecule has 0 spiro atoms. The van der Waals surface area contributed by atoms with E-state index in [0.717, 1.165) is 17.5 Å². The van der Waals surface area contributed by atoms with E-state index in [2.05, 4.69) is 5.32 Å². The van der Waals surface area contributed by atoms with Gasteiger partial charge in [-0.1, -0.05) is 18.5 Å². The molecule has 0 heterocycles. The molecule has 0 saturated carbocycles. The summed E-state index contributed by atoms with van der Waals surface area (Å²) in [5.41, 5.74) is 1.76. The average Bonchev–Trinajstić information content (AvgIpc) is 2.31. The van der Waals surface area contributed by atoms with Crippen LogP contribution in [0.1, 0.15) is 24.5 Å². The third kappa shape index (κ3) is 3.93. The normalized spacial score (nSPS) is 10.1. The Morgan fingerprint density at radius 2 is 2.18 bits per heavy atom. The maximum atomic E-state index is 11.6. The second-order valence-electron chi connectivity index (χ2n) is 3.94. The van der Waals surface area contributed by atoms with Crippen molar-refractivity contribution in [1.82, 2.24) is 5.32 Å². The molecule has 0 fully saturated rings. The van der Waals surface area contributed by atoms with Gasteiger partial charge >= 0.3 is 0 Å². The highest BCUT2D eigenvalue weighted by Crippen LogP contribution is 2.26. The van der Waals surface area contributed by atoms with Crippen molar-refractivity contribution in [1.29, 1.82) is 0 Å². The van der Waals surface area contributed by atoms with E-state index in [1.807, 2.05) is 19.9 Å². The Labute approximate surface area is 107 Å². The van der Waals surface area contributed by atoms with E-state index in [0.29, 0.717) is 23.7 Å². The van der Waals surface area contributed by atoms with Crippen molar-refractivity contribution in [3.8, 4) is 5.75 Å². The quantitative estimate of drug-likeness (QED) is 0.879. The predicted molar refractivity (Wildman–Crippen MR) is 69.7 cm³/mol. The molecule has 0 saturated heterocycles. The second-order valence-corrected chi connectivity index (χ2v) is 4.35. The van der Waals surface area contributed by atoms with Crippen molar-refractivity contribution in [2.24, 2.45) is 0 Å². The van der Waals surface area contributed by atoms with Crippen molar-refractivity contribution >= 4 is 17.5 Å². The van der Waals surface area contributed by atoms with Crippen LogP contribution in [0, 0.1) is 6.92 Å². The fraction of sp³-hybridized carbons (Fsp3) is 0.462. The number of amides is 1. The van der Waals surface area contributed by atoms with Gasteiger partial charge in [0.1, 0.15) is 5.75 Å². The van der Waals surface area contributed by atoms with Crippen LogP contribution in [-0.2, 0) is 11.2 Å². The first-order valence-corrected chi connectivity index (χ1v) is 6.06. The van der Waals surface area contributed by atoms with E-state index < -0.39 is 0 Å². The van der Waals surface area contributed by atoms with Gasteiger partial charge in [-0.2, -0.15) is 0 Å². The van der Waals surface area contributed by atoms with Gasteiger partial charge in [-0.15, -0.1) is 0 Å². The number of carbonyl (C=O) groups is 1. The van der Waals surface area contributed by atoms with Gasteiger partial charge < -0.3 is 10.1 Å². The van der Waals surface area contributed by atoms with Crippen LogP contribution >= 0.6 is 11.6 Å². The molecule has 0 bridgehead atoms. The lowest BCUT2D eigenvalue weighted by Gasteiger charge is -2.11. The number of halogens is 1. The van der Waals surface area contributed by atoms with Crippen molar-refractivity contribution in [3.05, 3.63) is 28.3 Å². The highest BCUT2D eigenvalue weighted by Gasteiger charge is 2.10. The van der Waals surface area contributed by atoms with Crippen molar-refractivity contribution in [3.63, 3.8) is 0 Å². The second kappa shape index (κ2) is 6.50. The number of methoxy groups -OCH3 is 1. The molecule has 1 aromatic rings. The summed E-state index contributed by atoms with van der Waals surface area (Å²) in [6, 6.07) is 3.64. The Bertz CT molecular complexity index is 405. The Hall–Kier alpha value is -1.22. The monoisotopic (exact) mass is 255 g/mol. The molecule has 1 amide bonds. The molecule has 4 heteroatoms. The smallest absolute Gasteiger partial charge is 0.224 e. The number of nitrogens with one attached hydrogen (secondary N) is 1. The van der Waals surface area contributed by atoms with Gasteiger partial charge in [0.2, 0.25) is 5.91 Å². The standard InChI is InChI=1S/C13H18ClNO2/c1-4-5-15-13(16)8-10-7-11(14)9(2)6-12(10)17-3/h6-7H,4-5,8H2,1-3H3,(H,15,16). The molecule has 0 aromatic heterocycles. The zero-order valence-corrected chi connectivity index (χ0v) is 11.2. The third-order valence-corrected chi connectivity index (χ3v) is 2.89. The zero-order chi connectivity index (χ0) is 12.8. The van der Waals surface area contributed by atoms with Crippen LogP contribution in [0.25, 0.3) is 0 Å². The van der Waals surface area contributed by atoms with Crippen LogP contribution in [0.2, 0.25) is 5.02 Å². The molecular formula is C13H18ClNO2. The molecule has 94 valence electrons. The van der Waals surface area contributed by atoms with Crippen LogP contribution < -0.4 is 10.1 Å². The van der Waals surface area contributed by atoms with E-state index in [1.54, 1.807) is 13.2 Å². The Kier molecular flexibility index (Phi) is 5.29. The minimum atomic E-state index is -0.00919. The van der Waals surface area contributed by atoms with Gasteiger partial charge in [-0.05, 0) is 31.0 Å². The zero-order valence-electron chi connectivity index (χ0n) is 10.5. The van der Waals surface area contributed by atoms with Crippen molar-refractivity contribution in [2.75, 3.05) is 13.7 Å². The largest absolute Gasteiger partial charge is 0.496 e. The molecule has 0 aliphatic carbocycles. The fourth-order valence-corrected chi connectivity index (χ4v) is 1.71.